The van der Waals surface area contributed by atoms with Gasteiger partial charge in [0.1, 0.15) is 0 Å². The van der Waals surface area contributed by atoms with Crippen molar-refractivity contribution in [3.8, 4) is 0 Å². The van der Waals surface area contributed by atoms with E-state index in [0.29, 0.717) is 13.0 Å². The fourth-order valence-corrected chi connectivity index (χ4v) is 2.08. The number of aliphatic hydroxyl groups excluding tert-OH is 1. The number of hydrogen-bond acceptors (Lipinski definition) is 3. The normalized spacial score (nSPS) is 20.4. The van der Waals surface area contributed by atoms with Crippen molar-refractivity contribution in [2.24, 2.45) is 17.1 Å². The molecule has 0 heterocycles. The van der Waals surface area contributed by atoms with Gasteiger partial charge in [0.25, 0.3) is 0 Å². The minimum absolute atomic E-state index is 0. The van der Waals surface area contributed by atoms with E-state index in [0.717, 1.165) is 12.8 Å². The quantitative estimate of drug-likeness (QED) is 0.672. The van der Waals surface area contributed by atoms with Crippen LogP contribution in [0.4, 0.5) is 0 Å². The molecule has 2 unspecified atom stereocenters. The van der Waals surface area contributed by atoms with Crippen LogP contribution in [0.15, 0.2) is 0 Å². The molecule has 0 aromatic heterocycles. The lowest BCUT2D eigenvalue weighted by molar-refractivity contribution is -0.121. The average Bonchev–Trinajstić information content (AvgIpc) is 2.93. The predicted molar refractivity (Wildman–Crippen MR) is 71.0 cm³/mol. The van der Waals surface area contributed by atoms with Crippen LogP contribution in [0.1, 0.15) is 40.0 Å². The Morgan fingerprint density at radius 2 is 1.94 bits per heavy atom. The summed E-state index contributed by atoms with van der Waals surface area (Å²) in [5.74, 6) is 0.227. The van der Waals surface area contributed by atoms with Gasteiger partial charge in [-0.1, -0.05) is 13.8 Å². The number of carbonyl (C=O) groups excluding carboxylic acids is 1. The fourth-order valence-electron chi connectivity index (χ4n) is 2.08. The molecule has 5 heteroatoms. The molecule has 0 aromatic rings. The second-order valence-corrected chi connectivity index (χ2v) is 5.51. The van der Waals surface area contributed by atoms with Crippen molar-refractivity contribution < 1.29 is 9.90 Å². The Labute approximate surface area is 110 Å². The predicted octanol–water partition coefficient (Wildman–Crippen LogP) is 1.06. The maximum Gasteiger partial charge on any atom is 0.221 e. The number of hydrogen-bond donors (Lipinski definition) is 3. The van der Waals surface area contributed by atoms with Gasteiger partial charge in [-0.05, 0) is 25.7 Å². The average molecular weight is 265 g/mol. The summed E-state index contributed by atoms with van der Waals surface area (Å²) in [5.41, 5.74) is 5.48. The topological polar surface area (TPSA) is 75.4 Å². The summed E-state index contributed by atoms with van der Waals surface area (Å²) >= 11 is 0. The van der Waals surface area contributed by atoms with Gasteiger partial charge in [0.15, 0.2) is 0 Å². The van der Waals surface area contributed by atoms with Crippen molar-refractivity contribution in [2.45, 2.75) is 52.2 Å². The summed E-state index contributed by atoms with van der Waals surface area (Å²) in [6.45, 7) is 6.41. The molecule has 0 bridgehead atoms. The van der Waals surface area contributed by atoms with Crippen molar-refractivity contribution in [1.29, 1.82) is 0 Å². The van der Waals surface area contributed by atoms with E-state index in [2.05, 4.69) is 5.32 Å². The lowest BCUT2D eigenvalue weighted by atomic mass is 9.90. The zero-order valence-electron chi connectivity index (χ0n) is 10.9. The molecule has 0 aliphatic heterocycles. The van der Waals surface area contributed by atoms with Crippen LogP contribution in [0.2, 0.25) is 0 Å². The lowest BCUT2D eigenvalue weighted by Crippen LogP contribution is -2.40. The first kappa shape index (κ1) is 16.7. The van der Waals surface area contributed by atoms with Crippen molar-refractivity contribution in [1.82, 2.24) is 5.32 Å². The van der Waals surface area contributed by atoms with E-state index in [1.165, 1.54) is 0 Å². The standard InChI is InChI=1S/C12H24N2O2.ClH/c1-8(2)11(16)12(4-5-12)7-14-10(15)6-9(3)13;/h8-9,11,16H,4-7,13H2,1-3H3,(H,14,15);1H. The van der Waals surface area contributed by atoms with Crippen LogP contribution in [-0.2, 0) is 4.79 Å². The molecule has 1 aliphatic rings. The van der Waals surface area contributed by atoms with Gasteiger partial charge in [-0.25, -0.2) is 0 Å². The molecule has 17 heavy (non-hydrogen) atoms. The van der Waals surface area contributed by atoms with Crippen LogP contribution in [0.5, 0.6) is 0 Å². The Kier molecular flexibility index (Phi) is 6.45. The van der Waals surface area contributed by atoms with Crippen LogP contribution >= 0.6 is 12.4 Å². The SMILES string of the molecule is CC(N)CC(=O)NCC1(C(O)C(C)C)CC1.Cl. The van der Waals surface area contributed by atoms with E-state index in [1.54, 1.807) is 0 Å². The summed E-state index contributed by atoms with van der Waals surface area (Å²) in [6, 6.07) is -0.106. The minimum atomic E-state index is -0.317. The maximum atomic E-state index is 11.4. The molecule has 0 spiro atoms. The van der Waals surface area contributed by atoms with Crippen LogP contribution in [-0.4, -0.2) is 29.7 Å². The van der Waals surface area contributed by atoms with E-state index < -0.39 is 0 Å². The number of rotatable bonds is 6. The van der Waals surface area contributed by atoms with Gasteiger partial charge in [-0.15, -0.1) is 12.4 Å². The molecule has 1 fully saturated rings. The monoisotopic (exact) mass is 264 g/mol. The van der Waals surface area contributed by atoms with Crippen molar-refractivity contribution in [2.75, 3.05) is 6.54 Å². The van der Waals surface area contributed by atoms with Crippen LogP contribution in [0.3, 0.4) is 0 Å². The Morgan fingerprint density at radius 3 is 2.29 bits per heavy atom. The first-order valence-electron chi connectivity index (χ1n) is 6.08. The Hall–Kier alpha value is -0.320. The smallest absolute Gasteiger partial charge is 0.221 e. The zero-order valence-corrected chi connectivity index (χ0v) is 11.7. The van der Waals surface area contributed by atoms with Crippen LogP contribution in [0.25, 0.3) is 0 Å². The van der Waals surface area contributed by atoms with E-state index in [9.17, 15) is 9.90 Å². The van der Waals surface area contributed by atoms with Crippen molar-refractivity contribution in [3.63, 3.8) is 0 Å². The number of amides is 1. The third-order valence-electron chi connectivity index (χ3n) is 3.30. The summed E-state index contributed by atoms with van der Waals surface area (Å²) in [6.07, 6.45) is 2.05. The summed E-state index contributed by atoms with van der Waals surface area (Å²) in [7, 11) is 0. The molecule has 0 aromatic carbocycles. The van der Waals surface area contributed by atoms with Gasteiger partial charge in [-0.2, -0.15) is 0 Å². The number of nitrogens with one attached hydrogen (secondary N) is 1. The van der Waals surface area contributed by atoms with Gasteiger partial charge in [0.05, 0.1) is 6.10 Å². The van der Waals surface area contributed by atoms with Gasteiger partial charge < -0.3 is 16.2 Å². The first-order chi connectivity index (χ1) is 7.37. The molecular formula is C12H25ClN2O2. The Bertz CT molecular complexity index is 253. The van der Waals surface area contributed by atoms with E-state index in [-0.39, 0.29) is 41.8 Å². The molecule has 1 aliphatic carbocycles. The van der Waals surface area contributed by atoms with Crippen LogP contribution < -0.4 is 11.1 Å². The Morgan fingerprint density at radius 1 is 1.41 bits per heavy atom. The second-order valence-electron chi connectivity index (χ2n) is 5.51. The molecule has 1 rings (SSSR count). The minimum Gasteiger partial charge on any atom is -0.392 e. The van der Waals surface area contributed by atoms with Gasteiger partial charge in [0, 0.05) is 24.4 Å². The third kappa shape index (κ3) is 4.82. The van der Waals surface area contributed by atoms with Gasteiger partial charge in [0.2, 0.25) is 5.91 Å². The largest absolute Gasteiger partial charge is 0.392 e. The summed E-state index contributed by atoms with van der Waals surface area (Å²) in [5, 5.41) is 12.9. The summed E-state index contributed by atoms with van der Waals surface area (Å²) < 4.78 is 0. The molecule has 0 saturated heterocycles. The van der Waals surface area contributed by atoms with E-state index >= 15 is 0 Å². The van der Waals surface area contributed by atoms with Crippen LogP contribution in [0, 0.1) is 11.3 Å². The van der Waals surface area contributed by atoms with E-state index in [1.807, 2.05) is 20.8 Å². The maximum absolute atomic E-state index is 11.4. The second kappa shape index (κ2) is 6.57. The number of aliphatic hydroxyl groups is 1. The lowest BCUT2D eigenvalue weighted by Gasteiger charge is -2.25. The highest BCUT2D eigenvalue weighted by molar-refractivity contribution is 5.85. The fraction of sp³-hybridized carbons (Fsp3) is 0.917. The highest BCUT2D eigenvalue weighted by atomic mass is 35.5. The molecule has 1 saturated carbocycles. The molecule has 102 valence electrons. The molecule has 4 N–H and O–H groups in total. The van der Waals surface area contributed by atoms with Gasteiger partial charge >= 0.3 is 0 Å². The zero-order chi connectivity index (χ0) is 12.3. The Balaban J connectivity index is 0.00000256. The summed E-state index contributed by atoms with van der Waals surface area (Å²) in [4.78, 5) is 11.4. The highest BCUT2D eigenvalue weighted by Crippen LogP contribution is 2.50. The number of halogens is 1. The number of nitrogens with two attached hydrogens (primary N) is 1. The molecule has 2 atom stereocenters. The number of carbonyl (C=O) groups is 1. The molecule has 0 radical (unpaired) electrons. The molecule has 4 nitrogen and oxygen atoms in total. The van der Waals surface area contributed by atoms with E-state index in [4.69, 9.17) is 5.73 Å². The van der Waals surface area contributed by atoms with Crippen molar-refractivity contribution >= 4 is 18.3 Å². The highest BCUT2D eigenvalue weighted by Gasteiger charge is 2.49. The third-order valence-corrected chi connectivity index (χ3v) is 3.30. The first-order valence-corrected chi connectivity index (χ1v) is 6.08. The molecular weight excluding hydrogens is 240 g/mol. The molecule has 1 amide bonds. The van der Waals surface area contributed by atoms with Crippen molar-refractivity contribution in [3.05, 3.63) is 0 Å². The van der Waals surface area contributed by atoms with Gasteiger partial charge in [-0.3, -0.25) is 4.79 Å².